The molecule has 1 aliphatic rings. The van der Waals surface area contributed by atoms with Crippen LogP contribution in [-0.4, -0.2) is 27.0 Å². The average Bonchev–Trinajstić information content (AvgIpc) is 3.24. The van der Waals surface area contributed by atoms with Gasteiger partial charge in [0.05, 0.1) is 0 Å². The summed E-state index contributed by atoms with van der Waals surface area (Å²) in [6, 6.07) is 9.81. The predicted molar refractivity (Wildman–Crippen MR) is 105 cm³/mol. The highest BCUT2D eigenvalue weighted by Gasteiger charge is 2.23. The fourth-order valence-corrected chi connectivity index (χ4v) is 3.31. The van der Waals surface area contributed by atoms with Crippen LogP contribution in [0, 0.1) is 6.92 Å². The van der Waals surface area contributed by atoms with E-state index in [2.05, 4.69) is 16.0 Å². The third-order valence-corrected chi connectivity index (χ3v) is 4.50. The van der Waals surface area contributed by atoms with Gasteiger partial charge in [0, 0.05) is 48.5 Å². The molecule has 3 heterocycles. The zero-order valence-electron chi connectivity index (χ0n) is 14.4. The minimum atomic E-state index is 0. The van der Waals surface area contributed by atoms with Crippen molar-refractivity contribution in [1.29, 1.82) is 0 Å². The SMILES string of the molecule is Cc1cc(-n2ccnc2-c2ccnc(N)c2)ccc1N1CCCC1=O.Cl. The Morgan fingerprint density at radius 1 is 1.12 bits per heavy atom. The van der Waals surface area contributed by atoms with Gasteiger partial charge in [-0.25, -0.2) is 9.97 Å². The van der Waals surface area contributed by atoms with E-state index in [1.807, 2.05) is 46.9 Å². The lowest BCUT2D eigenvalue weighted by Gasteiger charge is -2.19. The van der Waals surface area contributed by atoms with Crippen molar-refractivity contribution in [1.82, 2.24) is 14.5 Å². The van der Waals surface area contributed by atoms with Gasteiger partial charge in [0.1, 0.15) is 11.6 Å². The first kappa shape index (κ1) is 17.9. The highest BCUT2D eigenvalue weighted by Crippen LogP contribution is 2.29. The van der Waals surface area contributed by atoms with Gasteiger partial charge < -0.3 is 10.6 Å². The van der Waals surface area contributed by atoms with Crippen molar-refractivity contribution in [3.8, 4) is 17.1 Å². The summed E-state index contributed by atoms with van der Waals surface area (Å²) in [5.41, 5.74) is 9.76. The summed E-state index contributed by atoms with van der Waals surface area (Å²) in [5.74, 6) is 1.47. The summed E-state index contributed by atoms with van der Waals surface area (Å²) in [7, 11) is 0. The van der Waals surface area contributed by atoms with Crippen molar-refractivity contribution >= 4 is 29.8 Å². The fraction of sp³-hybridized carbons (Fsp3) is 0.211. The van der Waals surface area contributed by atoms with Crippen LogP contribution in [0.2, 0.25) is 0 Å². The second-order valence-corrected chi connectivity index (χ2v) is 6.21. The standard InChI is InChI=1S/C19H19N5O.ClH/c1-13-11-15(4-5-16(13)24-9-2-3-18(24)25)23-10-8-22-19(23)14-6-7-21-17(20)12-14;/h4-8,10-12H,2-3,9H2,1H3,(H2,20,21);1H. The van der Waals surface area contributed by atoms with Crippen molar-refractivity contribution in [2.75, 3.05) is 17.2 Å². The number of carbonyl (C=O) groups is 1. The molecular weight excluding hydrogens is 350 g/mol. The highest BCUT2D eigenvalue weighted by molar-refractivity contribution is 5.96. The van der Waals surface area contributed by atoms with Gasteiger partial charge in [-0.3, -0.25) is 9.36 Å². The largest absolute Gasteiger partial charge is 0.384 e. The molecule has 7 heteroatoms. The number of aromatic nitrogens is 3. The first-order valence-corrected chi connectivity index (χ1v) is 8.30. The number of benzene rings is 1. The topological polar surface area (TPSA) is 77.0 Å². The molecule has 2 N–H and O–H groups in total. The number of hydrogen-bond donors (Lipinski definition) is 1. The molecule has 0 atom stereocenters. The Morgan fingerprint density at radius 3 is 2.65 bits per heavy atom. The number of anilines is 2. The van der Waals surface area contributed by atoms with E-state index in [-0.39, 0.29) is 18.3 Å². The van der Waals surface area contributed by atoms with Crippen LogP contribution < -0.4 is 10.6 Å². The molecule has 0 saturated carbocycles. The number of hydrogen-bond acceptors (Lipinski definition) is 4. The molecule has 1 fully saturated rings. The zero-order valence-corrected chi connectivity index (χ0v) is 15.2. The molecule has 1 saturated heterocycles. The Balaban J connectivity index is 0.00000196. The van der Waals surface area contributed by atoms with Crippen molar-refractivity contribution in [3.05, 3.63) is 54.5 Å². The van der Waals surface area contributed by atoms with Gasteiger partial charge in [-0.2, -0.15) is 0 Å². The monoisotopic (exact) mass is 369 g/mol. The second kappa shape index (κ2) is 7.17. The summed E-state index contributed by atoms with van der Waals surface area (Å²) < 4.78 is 2.01. The molecule has 0 unspecified atom stereocenters. The Labute approximate surface area is 158 Å². The lowest BCUT2D eigenvalue weighted by Crippen LogP contribution is -2.24. The van der Waals surface area contributed by atoms with Gasteiger partial charge in [-0.05, 0) is 49.2 Å². The minimum Gasteiger partial charge on any atom is -0.384 e. The molecule has 6 nitrogen and oxygen atoms in total. The first-order valence-electron chi connectivity index (χ1n) is 8.30. The van der Waals surface area contributed by atoms with E-state index < -0.39 is 0 Å². The highest BCUT2D eigenvalue weighted by atomic mass is 35.5. The van der Waals surface area contributed by atoms with E-state index in [0.717, 1.165) is 41.3 Å². The number of carbonyl (C=O) groups excluding carboxylic acids is 1. The van der Waals surface area contributed by atoms with Gasteiger partial charge in [0.2, 0.25) is 5.91 Å². The Morgan fingerprint density at radius 2 is 1.96 bits per heavy atom. The lowest BCUT2D eigenvalue weighted by molar-refractivity contribution is -0.117. The van der Waals surface area contributed by atoms with Crippen LogP contribution in [0.4, 0.5) is 11.5 Å². The number of amides is 1. The van der Waals surface area contributed by atoms with Crippen LogP contribution in [0.25, 0.3) is 17.1 Å². The molecule has 0 spiro atoms. The van der Waals surface area contributed by atoms with Crippen molar-refractivity contribution in [2.24, 2.45) is 0 Å². The molecule has 3 aromatic rings. The summed E-state index contributed by atoms with van der Waals surface area (Å²) in [4.78, 5) is 22.4. The van der Waals surface area contributed by atoms with Gasteiger partial charge >= 0.3 is 0 Å². The molecule has 0 aliphatic carbocycles. The minimum absolute atomic E-state index is 0. The number of nitrogen functional groups attached to an aromatic ring is 1. The van der Waals surface area contributed by atoms with Gasteiger partial charge in [-0.1, -0.05) is 0 Å². The van der Waals surface area contributed by atoms with Gasteiger partial charge in [0.15, 0.2) is 0 Å². The zero-order chi connectivity index (χ0) is 17.4. The quantitative estimate of drug-likeness (QED) is 0.767. The van der Waals surface area contributed by atoms with Crippen molar-refractivity contribution in [2.45, 2.75) is 19.8 Å². The summed E-state index contributed by atoms with van der Waals surface area (Å²) in [6.07, 6.45) is 6.92. The summed E-state index contributed by atoms with van der Waals surface area (Å²) >= 11 is 0. The number of imidazole rings is 1. The van der Waals surface area contributed by atoms with E-state index in [0.29, 0.717) is 12.2 Å². The lowest BCUT2D eigenvalue weighted by atomic mass is 10.1. The Hall–Kier alpha value is -2.86. The first-order chi connectivity index (χ1) is 12.1. The number of nitrogens with zero attached hydrogens (tertiary/aromatic N) is 4. The molecule has 0 radical (unpaired) electrons. The maximum Gasteiger partial charge on any atom is 0.227 e. The molecule has 1 aromatic carbocycles. The van der Waals surface area contributed by atoms with E-state index in [1.165, 1.54) is 0 Å². The maximum absolute atomic E-state index is 12.0. The third kappa shape index (κ3) is 3.15. The van der Waals surface area contributed by atoms with Gasteiger partial charge in [-0.15, -0.1) is 12.4 Å². The van der Waals surface area contributed by atoms with Crippen LogP contribution in [0.15, 0.2) is 48.9 Å². The molecule has 2 aromatic heterocycles. The molecular formula is C19H20ClN5O. The smallest absolute Gasteiger partial charge is 0.227 e. The van der Waals surface area contributed by atoms with Crippen molar-refractivity contribution < 1.29 is 4.79 Å². The number of halogens is 1. The summed E-state index contributed by atoms with van der Waals surface area (Å²) in [5, 5.41) is 0. The number of nitrogens with two attached hydrogens (primary N) is 1. The fourth-order valence-electron chi connectivity index (χ4n) is 3.31. The maximum atomic E-state index is 12.0. The molecule has 0 bridgehead atoms. The Bertz CT molecular complexity index is 953. The van der Waals surface area contributed by atoms with Gasteiger partial charge in [0.25, 0.3) is 0 Å². The molecule has 134 valence electrons. The van der Waals surface area contributed by atoms with E-state index in [1.54, 1.807) is 12.4 Å². The van der Waals surface area contributed by atoms with Crippen LogP contribution in [0.3, 0.4) is 0 Å². The number of pyridine rings is 1. The molecule has 1 amide bonds. The molecule has 4 rings (SSSR count). The number of aryl methyl sites for hydroxylation is 1. The normalized spacial score (nSPS) is 13.7. The second-order valence-electron chi connectivity index (χ2n) is 6.21. The number of rotatable bonds is 3. The third-order valence-electron chi connectivity index (χ3n) is 4.50. The predicted octanol–water partition coefficient (Wildman–Crippen LogP) is 3.37. The van der Waals surface area contributed by atoms with E-state index >= 15 is 0 Å². The van der Waals surface area contributed by atoms with Crippen LogP contribution in [0.5, 0.6) is 0 Å². The Kier molecular flexibility index (Phi) is 4.95. The van der Waals surface area contributed by atoms with E-state index in [4.69, 9.17) is 5.73 Å². The molecule has 1 aliphatic heterocycles. The van der Waals surface area contributed by atoms with Crippen LogP contribution in [-0.2, 0) is 4.79 Å². The van der Waals surface area contributed by atoms with Crippen LogP contribution in [0.1, 0.15) is 18.4 Å². The molecule has 26 heavy (non-hydrogen) atoms. The average molecular weight is 370 g/mol. The van der Waals surface area contributed by atoms with Crippen LogP contribution >= 0.6 is 12.4 Å². The van der Waals surface area contributed by atoms with E-state index in [9.17, 15) is 4.79 Å². The summed E-state index contributed by atoms with van der Waals surface area (Å²) in [6.45, 7) is 2.83. The van der Waals surface area contributed by atoms with Crippen molar-refractivity contribution in [3.63, 3.8) is 0 Å².